The average Bonchev–Trinajstić information content (AvgIpc) is 2.46. The molecule has 1 fully saturated rings. The zero-order valence-electron chi connectivity index (χ0n) is 13.5. The van der Waals surface area contributed by atoms with Crippen LogP contribution in [0.2, 0.25) is 0 Å². The van der Waals surface area contributed by atoms with Gasteiger partial charge in [-0.05, 0) is 45.5 Å². The third-order valence-corrected chi connectivity index (χ3v) is 6.86. The van der Waals surface area contributed by atoms with Crippen LogP contribution >= 0.6 is 23.5 Å². The Labute approximate surface area is 145 Å². The van der Waals surface area contributed by atoms with Crippen LogP contribution in [-0.4, -0.2) is 25.2 Å². The van der Waals surface area contributed by atoms with E-state index in [4.69, 9.17) is 10.00 Å². The van der Waals surface area contributed by atoms with Gasteiger partial charge in [-0.25, -0.2) is 9.97 Å². The van der Waals surface area contributed by atoms with E-state index >= 15 is 0 Å². The number of nitriles is 2. The van der Waals surface area contributed by atoms with Crippen LogP contribution in [0, 0.1) is 22.7 Å². The summed E-state index contributed by atoms with van der Waals surface area (Å²) in [7, 11) is 0. The van der Waals surface area contributed by atoms with Crippen molar-refractivity contribution >= 4 is 23.5 Å². The van der Waals surface area contributed by atoms with Gasteiger partial charge in [0.25, 0.3) is 0 Å². The fraction of sp³-hybridized carbons (Fsp3) is 0.500. The Hall–Kier alpha value is -1.54. The van der Waals surface area contributed by atoms with E-state index < -0.39 is 15.3 Å². The molecule has 0 amide bonds. The summed E-state index contributed by atoms with van der Waals surface area (Å²) in [6.07, 6.45) is 5.06. The van der Waals surface area contributed by atoms with E-state index in [0.29, 0.717) is 5.16 Å². The second-order valence-electron chi connectivity index (χ2n) is 6.08. The number of hydrogen-bond acceptors (Lipinski definition) is 7. The number of thioether (sulfide) groups is 2. The van der Waals surface area contributed by atoms with E-state index in [1.165, 1.54) is 17.8 Å². The maximum atomic E-state index is 9.37. The standard InChI is InChI=1S/C16H18N4OS2/c1-14(2)12(6-8-17)22-15(3,4)16(21-14,7-9-18)23-13-19-10-5-11-20-13/h5-6,10-11H,7H2,1-4H3. The first kappa shape index (κ1) is 17.8. The minimum Gasteiger partial charge on any atom is -0.350 e. The van der Waals surface area contributed by atoms with Crippen molar-refractivity contribution in [2.24, 2.45) is 0 Å². The summed E-state index contributed by atoms with van der Waals surface area (Å²) in [5.74, 6) is 0. The minimum atomic E-state index is -0.815. The van der Waals surface area contributed by atoms with Gasteiger partial charge >= 0.3 is 0 Å². The van der Waals surface area contributed by atoms with E-state index in [1.807, 2.05) is 27.7 Å². The molecule has 2 heterocycles. The van der Waals surface area contributed by atoms with Crippen LogP contribution in [0.15, 0.2) is 34.6 Å². The summed E-state index contributed by atoms with van der Waals surface area (Å²) in [6.45, 7) is 7.87. The first-order valence-electron chi connectivity index (χ1n) is 7.09. The molecule has 23 heavy (non-hydrogen) atoms. The van der Waals surface area contributed by atoms with Crippen molar-refractivity contribution in [2.75, 3.05) is 0 Å². The number of aromatic nitrogens is 2. The van der Waals surface area contributed by atoms with Gasteiger partial charge in [-0.2, -0.15) is 10.5 Å². The van der Waals surface area contributed by atoms with Crippen molar-refractivity contribution in [2.45, 2.75) is 54.6 Å². The Bertz CT molecular complexity index is 688. The molecule has 0 N–H and O–H groups in total. The fourth-order valence-corrected chi connectivity index (χ4v) is 4.96. The van der Waals surface area contributed by atoms with E-state index in [0.717, 1.165) is 4.91 Å². The maximum absolute atomic E-state index is 9.37. The molecule has 1 atom stereocenters. The van der Waals surface area contributed by atoms with Gasteiger partial charge in [0.15, 0.2) is 5.16 Å². The van der Waals surface area contributed by atoms with Gasteiger partial charge in [-0.3, -0.25) is 0 Å². The Kier molecular flexibility index (Phi) is 5.05. The minimum absolute atomic E-state index is 0.194. The first-order chi connectivity index (χ1) is 10.8. The quantitative estimate of drug-likeness (QED) is 0.606. The summed E-state index contributed by atoms with van der Waals surface area (Å²) >= 11 is 2.94. The SMILES string of the molecule is CC1(C)OC(CC#N)(Sc2ncccn2)C(C)(C)SC1=CC#N. The monoisotopic (exact) mass is 346 g/mol. The molecule has 1 aliphatic rings. The lowest BCUT2D eigenvalue weighted by atomic mass is 9.99. The molecule has 1 aromatic rings. The Morgan fingerprint density at radius 3 is 2.48 bits per heavy atom. The highest BCUT2D eigenvalue weighted by Gasteiger charge is 2.57. The average molecular weight is 346 g/mol. The van der Waals surface area contributed by atoms with Crippen molar-refractivity contribution < 1.29 is 4.74 Å². The van der Waals surface area contributed by atoms with Crippen LogP contribution in [0.1, 0.15) is 34.1 Å². The van der Waals surface area contributed by atoms with Crippen molar-refractivity contribution in [3.05, 3.63) is 29.4 Å². The van der Waals surface area contributed by atoms with Crippen molar-refractivity contribution in [1.82, 2.24) is 9.97 Å². The molecular formula is C16H18N4OS2. The summed E-state index contributed by atoms with van der Waals surface area (Å²) in [6, 6.07) is 6.07. The summed E-state index contributed by atoms with van der Waals surface area (Å²) in [5.41, 5.74) is -0.658. The third-order valence-electron chi connectivity index (χ3n) is 3.60. The molecule has 120 valence electrons. The van der Waals surface area contributed by atoms with Crippen molar-refractivity contribution in [1.29, 1.82) is 10.5 Å². The summed E-state index contributed by atoms with van der Waals surface area (Å²) in [5, 5.41) is 19.0. The molecule has 0 radical (unpaired) electrons. The van der Waals surface area contributed by atoms with Crippen molar-refractivity contribution in [3.63, 3.8) is 0 Å². The second kappa shape index (κ2) is 6.52. The Morgan fingerprint density at radius 1 is 1.26 bits per heavy atom. The van der Waals surface area contributed by atoms with Crippen LogP contribution < -0.4 is 0 Å². The van der Waals surface area contributed by atoms with Crippen LogP contribution in [-0.2, 0) is 4.74 Å². The molecule has 0 spiro atoms. The molecule has 1 saturated heterocycles. The largest absolute Gasteiger partial charge is 0.350 e. The lowest BCUT2D eigenvalue weighted by molar-refractivity contribution is -0.0831. The van der Waals surface area contributed by atoms with E-state index in [9.17, 15) is 5.26 Å². The van der Waals surface area contributed by atoms with Gasteiger partial charge in [0.05, 0.1) is 28.9 Å². The zero-order chi connectivity index (χ0) is 17.1. The molecule has 5 nitrogen and oxygen atoms in total. The maximum Gasteiger partial charge on any atom is 0.190 e. The number of allylic oxidation sites excluding steroid dienone is 1. The van der Waals surface area contributed by atoms with E-state index in [2.05, 4.69) is 22.1 Å². The molecule has 1 aromatic heterocycles. The van der Waals surface area contributed by atoms with Crippen molar-refractivity contribution in [3.8, 4) is 12.1 Å². The highest BCUT2D eigenvalue weighted by molar-refractivity contribution is 8.07. The van der Waals surface area contributed by atoms with Gasteiger partial charge in [-0.15, -0.1) is 11.8 Å². The number of rotatable bonds is 3. The molecule has 0 aromatic carbocycles. The van der Waals surface area contributed by atoms with Crippen LogP contribution in [0.3, 0.4) is 0 Å². The molecule has 1 unspecified atom stereocenters. The highest BCUT2D eigenvalue weighted by Crippen LogP contribution is 2.59. The summed E-state index contributed by atoms with van der Waals surface area (Å²) in [4.78, 5) is 8.55. The van der Waals surface area contributed by atoms with Gasteiger partial charge < -0.3 is 4.74 Å². The second-order valence-corrected chi connectivity index (χ2v) is 8.98. The molecule has 0 saturated carbocycles. The normalized spacial score (nSPS) is 27.1. The molecule has 2 rings (SSSR count). The molecule has 0 aliphatic carbocycles. The number of ether oxygens (including phenoxy) is 1. The predicted octanol–water partition coefficient (Wildman–Crippen LogP) is 3.91. The number of nitrogens with zero attached hydrogens (tertiary/aromatic N) is 4. The Morgan fingerprint density at radius 2 is 1.91 bits per heavy atom. The Balaban J connectivity index is 2.48. The summed E-state index contributed by atoms with van der Waals surface area (Å²) < 4.78 is 5.97. The topological polar surface area (TPSA) is 82.6 Å². The lowest BCUT2D eigenvalue weighted by Gasteiger charge is -2.53. The van der Waals surface area contributed by atoms with Gasteiger partial charge in [0.2, 0.25) is 0 Å². The molecule has 7 heteroatoms. The number of hydrogen-bond donors (Lipinski definition) is 0. The first-order valence-corrected chi connectivity index (χ1v) is 8.72. The van der Waals surface area contributed by atoms with Gasteiger partial charge in [0.1, 0.15) is 4.93 Å². The van der Waals surface area contributed by atoms with E-state index in [-0.39, 0.29) is 6.42 Å². The van der Waals surface area contributed by atoms with E-state index in [1.54, 1.807) is 30.2 Å². The van der Waals surface area contributed by atoms with Gasteiger partial charge in [0, 0.05) is 23.4 Å². The van der Waals surface area contributed by atoms with Gasteiger partial charge in [-0.1, -0.05) is 0 Å². The predicted molar refractivity (Wildman–Crippen MR) is 91.4 cm³/mol. The molecule has 0 bridgehead atoms. The smallest absolute Gasteiger partial charge is 0.190 e. The fourth-order valence-electron chi connectivity index (χ4n) is 2.34. The molecule has 1 aliphatic heterocycles. The third kappa shape index (κ3) is 3.53. The van der Waals surface area contributed by atoms with Crippen LogP contribution in [0.5, 0.6) is 0 Å². The zero-order valence-corrected chi connectivity index (χ0v) is 15.2. The van der Waals surface area contributed by atoms with Crippen LogP contribution in [0.25, 0.3) is 0 Å². The molecular weight excluding hydrogens is 328 g/mol. The van der Waals surface area contributed by atoms with Crippen LogP contribution in [0.4, 0.5) is 0 Å². The lowest BCUT2D eigenvalue weighted by Crippen LogP contribution is -2.56. The highest BCUT2D eigenvalue weighted by atomic mass is 32.2.